The van der Waals surface area contributed by atoms with Crippen LogP contribution < -0.4 is 0 Å². The summed E-state index contributed by atoms with van der Waals surface area (Å²) in [5.74, 6) is -0.688. The van der Waals surface area contributed by atoms with Crippen LogP contribution in [0.5, 0.6) is 0 Å². The van der Waals surface area contributed by atoms with Crippen LogP contribution in [0.4, 0.5) is 0 Å². The molecule has 0 aliphatic carbocycles. The van der Waals surface area contributed by atoms with Gasteiger partial charge in [0.2, 0.25) is 0 Å². The summed E-state index contributed by atoms with van der Waals surface area (Å²) in [5, 5.41) is 8.83. The number of esters is 1. The average molecular weight is 401 g/mol. The molecule has 0 saturated heterocycles. The Morgan fingerprint density at radius 2 is 1.79 bits per heavy atom. The van der Waals surface area contributed by atoms with Gasteiger partial charge in [0, 0.05) is 0 Å². The number of carbonyl (C=O) groups excluding carboxylic acids is 1. The number of carbonyl (C=O) groups is 1. The first kappa shape index (κ1) is 21.6. The largest absolute Gasteiger partial charge is 0.464 e. The molecular formula is C21H23NO5S. The first-order valence-corrected chi connectivity index (χ1v) is 10.5. The molecule has 0 aliphatic rings. The minimum Gasteiger partial charge on any atom is -0.464 e. The summed E-state index contributed by atoms with van der Waals surface area (Å²) < 4.78 is 35.4. The van der Waals surface area contributed by atoms with Gasteiger partial charge in [0.05, 0.1) is 23.1 Å². The lowest BCUT2D eigenvalue weighted by molar-refractivity contribution is -0.152. The van der Waals surface area contributed by atoms with Crippen molar-refractivity contribution in [1.29, 1.82) is 5.26 Å². The zero-order chi connectivity index (χ0) is 20.4. The molecule has 0 amide bonds. The van der Waals surface area contributed by atoms with Crippen LogP contribution in [0.1, 0.15) is 37.3 Å². The molecular weight excluding hydrogens is 378 g/mol. The van der Waals surface area contributed by atoms with E-state index in [4.69, 9.17) is 14.2 Å². The van der Waals surface area contributed by atoms with Gasteiger partial charge in [-0.2, -0.15) is 13.7 Å². The molecule has 0 aliphatic heterocycles. The van der Waals surface area contributed by atoms with Crippen molar-refractivity contribution in [1.82, 2.24) is 0 Å². The molecule has 0 radical (unpaired) electrons. The van der Waals surface area contributed by atoms with Crippen LogP contribution >= 0.6 is 0 Å². The molecule has 2 rings (SSSR count). The molecule has 0 aromatic heterocycles. The van der Waals surface area contributed by atoms with Crippen LogP contribution in [0.25, 0.3) is 0 Å². The lowest BCUT2D eigenvalue weighted by Gasteiger charge is -2.16. The standard InChI is InChI=1S/C21H23NO5S/c1-2-15-26-21(23)20(10-6-9-17-7-4-3-5-8-17)27-28(24,25)19-13-11-18(16-22)12-14-19/h3-5,7-8,11-14,20H,2,6,9-10,15H2,1H3/t20-/m1/s1. The fraction of sp³-hybridized carbons (Fsp3) is 0.333. The molecule has 7 heteroatoms. The number of ether oxygens (including phenoxy) is 1. The van der Waals surface area contributed by atoms with Crippen molar-refractivity contribution >= 4 is 16.1 Å². The first-order chi connectivity index (χ1) is 13.5. The van der Waals surface area contributed by atoms with E-state index in [9.17, 15) is 13.2 Å². The van der Waals surface area contributed by atoms with Crippen molar-refractivity contribution in [3.05, 3.63) is 65.7 Å². The third kappa shape index (κ3) is 6.48. The Morgan fingerprint density at radius 1 is 1.11 bits per heavy atom. The normalized spacial score (nSPS) is 12.1. The second-order valence-corrected chi connectivity index (χ2v) is 7.79. The number of hydrogen-bond acceptors (Lipinski definition) is 6. The summed E-state index contributed by atoms with van der Waals surface area (Å²) in [4.78, 5) is 12.2. The Hall–Kier alpha value is -2.69. The quantitative estimate of drug-likeness (QED) is 0.446. The van der Waals surface area contributed by atoms with Crippen molar-refractivity contribution in [3.8, 4) is 6.07 Å². The van der Waals surface area contributed by atoms with Crippen LogP contribution in [0.15, 0.2) is 59.5 Å². The molecule has 0 N–H and O–H groups in total. The molecule has 0 spiro atoms. The third-order valence-corrected chi connectivity index (χ3v) is 5.34. The van der Waals surface area contributed by atoms with Gasteiger partial charge in [-0.1, -0.05) is 37.3 Å². The summed E-state index contributed by atoms with van der Waals surface area (Å²) in [6.45, 7) is 2.06. The predicted octanol–water partition coefficient (Wildman–Crippen LogP) is 3.61. The summed E-state index contributed by atoms with van der Waals surface area (Å²) in [6.07, 6.45) is 0.894. The SMILES string of the molecule is CCCOC(=O)[C@@H](CCCc1ccccc1)OS(=O)(=O)c1ccc(C#N)cc1. The fourth-order valence-electron chi connectivity index (χ4n) is 2.54. The summed E-state index contributed by atoms with van der Waals surface area (Å²) in [5.41, 5.74) is 1.43. The number of nitriles is 1. The highest BCUT2D eigenvalue weighted by Crippen LogP contribution is 2.19. The van der Waals surface area contributed by atoms with E-state index in [2.05, 4.69) is 0 Å². The zero-order valence-corrected chi connectivity index (χ0v) is 16.5. The lowest BCUT2D eigenvalue weighted by Crippen LogP contribution is -2.29. The molecule has 6 nitrogen and oxygen atoms in total. The Bertz CT molecular complexity index is 902. The maximum absolute atomic E-state index is 12.5. The Morgan fingerprint density at radius 3 is 2.39 bits per heavy atom. The summed E-state index contributed by atoms with van der Waals surface area (Å²) >= 11 is 0. The van der Waals surface area contributed by atoms with Gasteiger partial charge in [0.15, 0.2) is 6.10 Å². The molecule has 0 unspecified atom stereocenters. The highest BCUT2D eigenvalue weighted by molar-refractivity contribution is 7.86. The van der Waals surface area contributed by atoms with E-state index in [0.29, 0.717) is 24.8 Å². The molecule has 28 heavy (non-hydrogen) atoms. The highest BCUT2D eigenvalue weighted by atomic mass is 32.2. The van der Waals surface area contributed by atoms with Crippen molar-refractivity contribution in [2.75, 3.05) is 6.61 Å². The van der Waals surface area contributed by atoms with E-state index in [1.54, 1.807) is 0 Å². The number of hydrogen-bond donors (Lipinski definition) is 0. The highest BCUT2D eigenvalue weighted by Gasteiger charge is 2.28. The van der Waals surface area contributed by atoms with E-state index in [-0.39, 0.29) is 17.9 Å². The summed E-state index contributed by atoms with van der Waals surface area (Å²) in [7, 11) is -4.16. The molecule has 0 fully saturated rings. The fourth-order valence-corrected chi connectivity index (χ4v) is 3.60. The molecule has 148 valence electrons. The monoisotopic (exact) mass is 401 g/mol. The zero-order valence-electron chi connectivity index (χ0n) is 15.7. The Labute approximate surface area is 165 Å². The Balaban J connectivity index is 2.08. The number of nitrogens with zero attached hydrogens (tertiary/aromatic N) is 1. The van der Waals surface area contributed by atoms with Crippen LogP contribution in [-0.4, -0.2) is 27.1 Å². The second-order valence-electron chi connectivity index (χ2n) is 6.22. The predicted molar refractivity (Wildman–Crippen MR) is 104 cm³/mol. The van der Waals surface area contributed by atoms with E-state index in [0.717, 1.165) is 5.56 Å². The minimum absolute atomic E-state index is 0.108. The number of benzene rings is 2. The van der Waals surface area contributed by atoms with E-state index >= 15 is 0 Å². The van der Waals surface area contributed by atoms with Crippen LogP contribution in [0.3, 0.4) is 0 Å². The Kier molecular flexibility index (Phi) is 8.18. The van der Waals surface area contributed by atoms with Gasteiger partial charge in [-0.05, 0) is 55.5 Å². The molecule has 0 heterocycles. The van der Waals surface area contributed by atoms with Gasteiger partial charge in [-0.3, -0.25) is 4.18 Å². The van der Waals surface area contributed by atoms with E-state index < -0.39 is 22.2 Å². The van der Waals surface area contributed by atoms with Crippen LogP contribution in [0, 0.1) is 11.3 Å². The van der Waals surface area contributed by atoms with Crippen molar-refractivity contribution in [2.45, 2.75) is 43.6 Å². The van der Waals surface area contributed by atoms with E-state index in [1.165, 1.54) is 24.3 Å². The van der Waals surface area contributed by atoms with E-state index in [1.807, 2.05) is 43.3 Å². The second kappa shape index (κ2) is 10.6. The van der Waals surface area contributed by atoms with Crippen LogP contribution in [0.2, 0.25) is 0 Å². The topological polar surface area (TPSA) is 93.5 Å². The molecule has 0 bridgehead atoms. The van der Waals surface area contributed by atoms with Gasteiger partial charge in [-0.25, -0.2) is 4.79 Å². The number of rotatable bonds is 10. The van der Waals surface area contributed by atoms with Gasteiger partial charge < -0.3 is 4.74 Å². The van der Waals surface area contributed by atoms with Crippen molar-refractivity contribution in [3.63, 3.8) is 0 Å². The maximum atomic E-state index is 12.5. The molecule has 0 saturated carbocycles. The average Bonchev–Trinajstić information content (AvgIpc) is 2.72. The van der Waals surface area contributed by atoms with Gasteiger partial charge in [-0.15, -0.1) is 0 Å². The summed E-state index contributed by atoms with van der Waals surface area (Å²) in [6, 6.07) is 17.0. The van der Waals surface area contributed by atoms with Crippen molar-refractivity contribution < 1.29 is 22.1 Å². The van der Waals surface area contributed by atoms with Crippen molar-refractivity contribution in [2.24, 2.45) is 0 Å². The van der Waals surface area contributed by atoms with Gasteiger partial charge in [0.25, 0.3) is 10.1 Å². The first-order valence-electron chi connectivity index (χ1n) is 9.10. The molecule has 2 aromatic carbocycles. The smallest absolute Gasteiger partial charge is 0.336 e. The lowest BCUT2D eigenvalue weighted by atomic mass is 10.1. The van der Waals surface area contributed by atoms with Crippen LogP contribution in [-0.2, 0) is 30.3 Å². The van der Waals surface area contributed by atoms with Gasteiger partial charge in [0.1, 0.15) is 0 Å². The third-order valence-electron chi connectivity index (χ3n) is 4.00. The number of aryl methyl sites for hydroxylation is 1. The maximum Gasteiger partial charge on any atom is 0.336 e. The molecule has 1 atom stereocenters. The van der Waals surface area contributed by atoms with Gasteiger partial charge >= 0.3 is 5.97 Å². The minimum atomic E-state index is -4.16. The molecule has 2 aromatic rings.